The Kier molecular flexibility index (Phi) is 6.82. The van der Waals surface area contributed by atoms with E-state index < -0.39 is 0 Å². The van der Waals surface area contributed by atoms with Crippen molar-refractivity contribution in [3.8, 4) is 0 Å². The van der Waals surface area contributed by atoms with Gasteiger partial charge in [0.25, 0.3) is 0 Å². The van der Waals surface area contributed by atoms with Crippen molar-refractivity contribution in [3.05, 3.63) is 35.9 Å². The predicted molar refractivity (Wildman–Crippen MR) is 71.1 cm³/mol. The van der Waals surface area contributed by atoms with Gasteiger partial charge in [-0.1, -0.05) is 30.3 Å². The summed E-state index contributed by atoms with van der Waals surface area (Å²) in [5.41, 5.74) is 1.24. The number of hydrogen-bond acceptors (Lipinski definition) is 2. The maximum Gasteiger partial charge on any atom is 0.191 e. The number of aliphatic imine (C=N–C) groups is 1. The van der Waals surface area contributed by atoms with Crippen molar-refractivity contribution >= 4 is 5.96 Å². The van der Waals surface area contributed by atoms with Gasteiger partial charge >= 0.3 is 0 Å². The average Bonchev–Trinajstić information content (AvgIpc) is 2.39. The number of benzene rings is 1. The maximum atomic E-state index is 5.25. The molecule has 0 aliphatic rings. The SMILES string of the molecule is CCOCCNC(=NC)NCc1ccccc1. The van der Waals surface area contributed by atoms with Gasteiger partial charge in [0.1, 0.15) is 0 Å². The monoisotopic (exact) mass is 235 g/mol. The van der Waals surface area contributed by atoms with Crippen LogP contribution in [0.25, 0.3) is 0 Å². The Bertz CT molecular complexity index is 325. The second-order valence-electron chi connectivity index (χ2n) is 3.54. The average molecular weight is 235 g/mol. The summed E-state index contributed by atoms with van der Waals surface area (Å²) in [7, 11) is 1.76. The molecule has 0 heterocycles. The summed E-state index contributed by atoms with van der Waals surface area (Å²) in [5.74, 6) is 0.800. The summed E-state index contributed by atoms with van der Waals surface area (Å²) >= 11 is 0. The molecule has 0 bridgehead atoms. The van der Waals surface area contributed by atoms with Crippen LogP contribution in [0.5, 0.6) is 0 Å². The molecule has 0 fully saturated rings. The van der Waals surface area contributed by atoms with Crippen LogP contribution in [0.4, 0.5) is 0 Å². The third kappa shape index (κ3) is 5.92. The first-order valence-electron chi connectivity index (χ1n) is 5.93. The minimum absolute atomic E-state index is 0.697. The van der Waals surface area contributed by atoms with E-state index in [0.29, 0.717) is 6.61 Å². The van der Waals surface area contributed by atoms with Gasteiger partial charge in [-0.25, -0.2) is 0 Å². The summed E-state index contributed by atoms with van der Waals surface area (Å²) < 4.78 is 5.25. The second kappa shape index (κ2) is 8.58. The highest BCUT2D eigenvalue weighted by molar-refractivity contribution is 5.79. The highest BCUT2D eigenvalue weighted by atomic mass is 16.5. The smallest absolute Gasteiger partial charge is 0.191 e. The summed E-state index contributed by atoms with van der Waals surface area (Å²) in [6.07, 6.45) is 0. The van der Waals surface area contributed by atoms with E-state index in [1.165, 1.54) is 5.56 Å². The molecule has 0 unspecified atom stereocenters. The largest absolute Gasteiger partial charge is 0.380 e. The van der Waals surface area contributed by atoms with Crippen LogP contribution in [-0.4, -0.2) is 32.8 Å². The zero-order valence-electron chi connectivity index (χ0n) is 10.6. The molecule has 1 aromatic rings. The summed E-state index contributed by atoms with van der Waals surface area (Å²) in [6, 6.07) is 10.2. The van der Waals surface area contributed by atoms with Crippen molar-refractivity contribution < 1.29 is 4.74 Å². The third-order valence-corrected chi connectivity index (χ3v) is 2.27. The molecule has 0 spiro atoms. The van der Waals surface area contributed by atoms with Crippen LogP contribution in [0.3, 0.4) is 0 Å². The van der Waals surface area contributed by atoms with E-state index in [2.05, 4.69) is 27.8 Å². The summed E-state index contributed by atoms with van der Waals surface area (Å²) in [4.78, 5) is 4.14. The van der Waals surface area contributed by atoms with Gasteiger partial charge in [-0.2, -0.15) is 0 Å². The highest BCUT2D eigenvalue weighted by Gasteiger charge is 1.96. The van der Waals surface area contributed by atoms with Gasteiger partial charge in [0.15, 0.2) is 5.96 Å². The fourth-order valence-electron chi connectivity index (χ4n) is 1.39. The van der Waals surface area contributed by atoms with Gasteiger partial charge in [-0.3, -0.25) is 4.99 Å². The van der Waals surface area contributed by atoms with E-state index in [1.807, 2.05) is 25.1 Å². The molecule has 0 atom stereocenters. The summed E-state index contributed by atoms with van der Waals surface area (Å²) in [6.45, 7) is 4.97. The molecule has 94 valence electrons. The van der Waals surface area contributed by atoms with Gasteiger partial charge in [-0.15, -0.1) is 0 Å². The van der Waals surface area contributed by atoms with Gasteiger partial charge in [0, 0.05) is 26.7 Å². The van der Waals surface area contributed by atoms with E-state index in [9.17, 15) is 0 Å². The molecule has 0 amide bonds. The van der Waals surface area contributed by atoms with E-state index in [1.54, 1.807) is 7.05 Å². The number of rotatable bonds is 6. The minimum atomic E-state index is 0.697. The van der Waals surface area contributed by atoms with Crippen molar-refractivity contribution in [2.75, 3.05) is 26.8 Å². The molecule has 2 N–H and O–H groups in total. The van der Waals surface area contributed by atoms with Gasteiger partial charge in [0.05, 0.1) is 6.61 Å². The van der Waals surface area contributed by atoms with Crippen LogP contribution < -0.4 is 10.6 Å². The zero-order chi connectivity index (χ0) is 12.3. The molecule has 0 aliphatic carbocycles. The molecule has 17 heavy (non-hydrogen) atoms. The van der Waals surface area contributed by atoms with Crippen LogP contribution in [0.2, 0.25) is 0 Å². The molecular formula is C13H21N3O. The standard InChI is InChI=1S/C13H21N3O/c1-3-17-10-9-15-13(14-2)16-11-12-7-5-4-6-8-12/h4-8H,3,9-11H2,1-2H3,(H2,14,15,16). The number of hydrogen-bond donors (Lipinski definition) is 2. The minimum Gasteiger partial charge on any atom is -0.380 e. The van der Waals surface area contributed by atoms with Crippen molar-refractivity contribution in [2.24, 2.45) is 4.99 Å². The first kappa shape index (κ1) is 13.5. The van der Waals surface area contributed by atoms with Crippen LogP contribution in [0.15, 0.2) is 35.3 Å². The normalized spacial score (nSPS) is 11.3. The number of ether oxygens (including phenoxy) is 1. The molecule has 0 saturated carbocycles. The lowest BCUT2D eigenvalue weighted by molar-refractivity contribution is 0.152. The number of guanidine groups is 1. The van der Waals surface area contributed by atoms with Gasteiger partial charge in [-0.05, 0) is 12.5 Å². The Labute approximate surface area is 103 Å². The van der Waals surface area contributed by atoms with E-state index >= 15 is 0 Å². The maximum absolute atomic E-state index is 5.25. The Hall–Kier alpha value is -1.55. The second-order valence-corrected chi connectivity index (χ2v) is 3.54. The molecule has 0 aromatic heterocycles. The highest BCUT2D eigenvalue weighted by Crippen LogP contribution is 1.96. The molecule has 1 rings (SSSR count). The lowest BCUT2D eigenvalue weighted by Gasteiger charge is -2.11. The summed E-state index contributed by atoms with van der Waals surface area (Å²) in [5, 5.41) is 6.43. The molecular weight excluding hydrogens is 214 g/mol. The van der Waals surface area contributed by atoms with Gasteiger partial charge < -0.3 is 15.4 Å². The molecule has 0 aliphatic heterocycles. The Morgan fingerprint density at radius 3 is 2.65 bits per heavy atom. The predicted octanol–water partition coefficient (Wildman–Crippen LogP) is 1.39. The Morgan fingerprint density at radius 2 is 2.00 bits per heavy atom. The fraction of sp³-hybridized carbons (Fsp3) is 0.462. The van der Waals surface area contributed by atoms with Crippen LogP contribution in [-0.2, 0) is 11.3 Å². The van der Waals surface area contributed by atoms with Crippen molar-refractivity contribution in [1.29, 1.82) is 0 Å². The van der Waals surface area contributed by atoms with Gasteiger partial charge in [0.2, 0.25) is 0 Å². The lowest BCUT2D eigenvalue weighted by Crippen LogP contribution is -2.38. The molecule has 0 radical (unpaired) electrons. The number of nitrogens with one attached hydrogen (secondary N) is 2. The lowest BCUT2D eigenvalue weighted by atomic mass is 10.2. The molecule has 4 heteroatoms. The van der Waals surface area contributed by atoms with E-state index in [-0.39, 0.29) is 0 Å². The topological polar surface area (TPSA) is 45.6 Å². The van der Waals surface area contributed by atoms with Crippen molar-refractivity contribution in [3.63, 3.8) is 0 Å². The zero-order valence-corrected chi connectivity index (χ0v) is 10.6. The quantitative estimate of drug-likeness (QED) is 0.445. The Morgan fingerprint density at radius 1 is 1.24 bits per heavy atom. The number of nitrogens with zero attached hydrogens (tertiary/aromatic N) is 1. The van der Waals surface area contributed by atoms with Crippen LogP contribution in [0.1, 0.15) is 12.5 Å². The van der Waals surface area contributed by atoms with E-state index in [4.69, 9.17) is 4.74 Å². The Balaban J connectivity index is 2.24. The fourth-order valence-corrected chi connectivity index (χ4v) is 1.39. The van der Waals surface area contributed by atoms with Crippen molar-refractivity contribution in [2.45, 2.75) is 13.5 Å². The molecule has 0 saturated heterocycles. The first-order valence-corrected chi connectivity index (χ1v) is 5.93. The molecule has 1 aromatic carbocycles. The van der Waals surface area contributed by atoms with Crippen LogP contribution in [0, 0.1) is 0 Å². The molecule has 4 nitrogen and oxygen atoms in total. The first-order chi connectivity index (χ1) is 8.36. The third-order valence-electron chi connectivity index (χ3n) is 2.27. The van der Waals surface area contributed by atoms with E-state index in [0.717, 1.165) is 25.7 Å². The van der Waals surface area contributed by atoms with Crippen molar-refractivity contribution in [1.82, 2.24) is 10.6 Å². The van der Waals surface area contributed by atoms with Crippen LogP contribution >= 0.6 is 0 Å².